The lowest BCUT2D eigenvalue weighted by Gasteiger charge is -2.08. The van der Waals surface area contributed by atoms with Crippen molar-refractivity contribution in [1.82, 2.24) is 9.78 Å². The molecule has 0 aliphatic heterocycles. The Labute approximate surface area is 125 Å². The van der Waals surface area contributed by atoms with Crippen LogP contribution >= 0.6 is 0 Å². The highest BCUT2D eigenvalue weighted by molar-refractivity contribution is 6.04. The highest BCUT2D eigenvalue weighted by atomic mass is 19.1. The predicted octanol–water partition coefficient (Wildman–Crippen LogP) is 3.40. The van der Waals surface area contributed by atoms with Crippen LogP contribution in [0.4, 0.5) is 14.5 Å². The number of hydrogen-bond donors (Lipinski definition) is 1. The molecule has 0 unspecified atom stereocenters. The van der Waals surface area contributed by atoms with Crippen LogP contribution in [0.25, 0.3) is 5.69 Å². The molecule has 6 heteroatoms. The third-order valence-electron chi connectivity index (χ3n) is 3.10. The Kier molecular flexibility index (Phi) is 3.65. The lowest BCUT2D eigenvalue weighted by molar-refractivity contribution is 0.102. The first-order valence-corrected chi connectivity index (χ1v) is 6.50. The number of halogens is 2. The van der Waals surface area contributed by atoms with Crippen LogP contribution in [0.5, 0.6) is 0 Å². The molecule has 0 bridgehead atoms. The molecule has 22 heavy (non-hydrogen) atoms. The van der Waals surface area contributed by atoms with Crippen molar-refractivity contribution in [3.63, 3.8) is 0 Å². The van der Waals surface area contributed by atoms with Crippen molar-refractivity contribution in [2.24, 2.45) is 0 Å². The van der Waals surface area contributed by atoms with E-state index in [9.17, 15) is 13.6 Å². The average molecular weight is 299 g/mol. The molecule has 4 nitrogen and oxygen atoms in total. The van der Waals surface area contributed by atoms with Gasteiger partial charge in [-0.1, -0.05) is 6.07 Å². The summed E-state index contributed by atoms with van der Waals surface area (Å²) in [5.74, 6) is -2.22. The monoisotopic (exact) mass is 299 g/mol. The van der Waals surface area contributed by atoms with Crippen LogP contribution in [0.15, 0.2) is 60.9 Å². The van der Waals surface area contributed by atoms with Gasteiger partial charge in [-0.25, -0.2) is 13.5 Å². The summed E-state index contributed by atoms with van der Waals surface area (Å²) in [7, 11) is 0. The number of benzene rings is 2. The van der Waals surface area contributed by atoms with Gasteiger partial charge in [0.15, 0.2) is 0 Å². The molecular formula is C16H11F2N3O. The van der Waals surface area contributed by atoms with E-state index in [2.05, 4.69) is 10.4 Å². The molecule has 1 N–H and O–H groups in total. The van der Waals surface area contributed by atoms with Gasteiger partial charge in [-0.3, -0.25) is 4.79 Å². The van der Waals surface area contributed by atoms with Crippen molar-refractivity contribution < 1.29 is 13.6 Å². The zero-order valence-electron chi connectivity index (χ0n) is 11.3. The van der Waals surface area contributed by atoms with E-state index in [-0.39, 0.29) is 0 Å². The summed E-state index contributed by atoms with van der Waals surface area (Å²) in [5, 5.41) is 6.31. The van der Waals surface area contributed by atoms with Crippen molar-refractivity contribution >= 4 is 11.6 Å². The van der Waals surface area contributed by atoms with Gasteiger partial charge in [-0.05, 0) is 42.5 Å². The van der Waals surface area contributed by atoms with E-state index < -0.39 is 23.2 Å². The van der Waals surface area contributed by atoms with Crippen LogP contribution in [0.3, 0.4) is 0 Å². The van der Waals surface area contributed by atoms with Gasteiger partial charge in [-0.2, -0.15) is 5.10 Å². The van der Waals surface area contributed by atoms with Gasteiger partial charge in [0, 0.05) is 18.0 Å². The van der Waals surface area contributed by atoms with Gasteiger partial charge >= 0.3 is 0 Å². The molecule has 0 atom stereocenters. The maximum atomic E-state index is 13.5. The molecule has 1 aromatic heterocycles. The van der Waals surface area contributed by atoms with Gasteiger partial charge < -0.3 is 5.32 Å². The number of hydrogen-bond acceptors (Lipinski definition) is 2. The summed E-state index contributed by atoms with van der Waals surface area (Å²) in [6.07, 6.45) is 3.41. The largest absolute Gasteiger partial charge is 0.317 e. The summed E-state index contributed by atoms with van der Waals surface area (Å²) in [5.41, 5.74) is 0.612. The lowest BCUT2D eigenvalue weighted by Crippen LogP contribution is -2.14. The van der Waals surface area contributed by atoms with Gasteiger partial charge in [0.2, 0.25) is 0 Å². The van der Waals surface area contributed by atoms with Crippen LogP contribution < -0.4 is 5.32 Å². The number of carbonyl (C=O) groups excluding carboxylic acids is 1. The summed E-state index contributed by atoms with van der Waals surface area (Å²) in [6, 6.07) is 11.7. The molecule has 1 amide bonds. The quantitative estimate of drug-likeness (QED) is 0.805. The first kappa shape index (κ1) is 13.9. The minimum absolute atomic E-state index is 0.290. The first-order chi connectivity index (χ1) is 10.6. The normalized spacial score (nSPS) is 10.5. The molecule has 0 saturated carbocycles. The van der Waals surface area contributed by atoms with E-state index >= 15 is 0 Å². The van der Waals surface area contributed by atoms with Crippen molar-refractivity contribution in [1.29, 1.82) is 0 Å². The van der Waals surface area contributed by atoms with Crippen LogP contribution in [0, 0.1) is 11.6 Å². The molecule has 0 fully saturated rings. The van der Waals surface area contributed by atoms with E-state index in [1.54, 1.807) is 47.4 Å². The fraction of sp³-hybridized carbons (Fsp3) is 0. The zero-order chi connectivity index (χ0) is 15.5. The van der Waals surface area contributed by atoms with Crippen LogP contribution in [-0.2, 0) is 0 Å². The Bertz CT molecular complexity index is 779. The van der Waals surface area contributed by atoms with Crippen LogP contribution in [-0.4, -0.2) is 15.7 Å². The van der Waals surface area contributed by atoms with Gasteiger partial charge in [0.1, 0.15) is 17.3 Å². The van der Waals surface area contributed by atoms with E-state index in [4.69, 9.17) is 0 Å². The summed E-state index contributed by atoms with van der Waals surface area (Å²) < 4.78 is 28.7. The standard InChI is InChI=1S/C16H11F2N3O/c17-13-3-1-4-14(18)15(13)20-16(22)11-5-7-12(8-6-11)21-10-2-9-19-21/h1-10H,(H,20,22). The highest BCUT2D eigenvalue weighted by Gasteiger charge is 2.13. The molecule has 0 saturated heterocycles. The SMILES string of the molecule is O=C(Nc1c(F)cccc1F)c1ccc(-n2cccn2)cc1. The Morgan fingerprint density at radius 2 is 1.68 bits per heavy atom. The number of nitrogens with zero attached hydrogens (tertiary/aromatic N) is 2. The Hall–Kier alpha value is -3.02. The van der Waals surface area contributed by atoms with Gasteiger partial charge in [-0.15, -0.1) is 0 Å². The minimum Gasteiger partial charge on any atom is -0.317 e. The fourth-order valence-corrected chi connectivity index (χ4v) is 1.99. The van der Waals surface area contributed by atoms with E-state index in [0.29, 0.717) is 5.56 Å². The number of carbonyl (C=O) groups is 1. The summed E-state index contributed by atoms with van der Waals surface area (Å²) in [4.78, 5) is 12.0. The van der Waals surface area contributed by atoms with Gasteiger partial charge in [0.05, 0.1) is 5.69 Å². The maximum absolute atomic E-state index is 13.5. The third-order valence-corrected chi connectivity index (χ3v) is 3.10. The topological polar surface area (TPSA) is 46.9 Å². The molecule has 0 spiro atoms. The average Bonchev–Trinajstić information content (AvgIpc) is 3.05. The van der Waals surface area contributed by atoms with E-state index in [1.807, 2.05) is 0 Å². The van der Waals surface area contributed by atoms with Crippen LogP contribution in [0.2, 0.25) is 0 Å². The first-order valence-electron chi connectivity index (χ1n) is 6.50. The highest BCUT2D eigenvalue weighted by Crippen LogP contribution is 2.19. The number of anilines is 1. The Balaban J connectivity index is 1.81. The second-order valence-corrected chi connectivity index (χ2v) is 4.55. The van der Waals surface area contributed by atoms with Crippen LogP contribution in [0.1, 0.15) is 10.4 Å². The second-order valence-electron chi connectivity index (χ2n) is 4.55. The van der Waals surface area contributed by atoms with Crippen molar-refractivity contribution in [2.75, 3.05) is 5.32 Å². The number of rotatable bonds is 3. The fourth-order valence-electron chi connectivity index (χ4n) is 1.99. The molecule has 0 aliphatic rings. The predicted molar refractivity (Wildman–Crippen MR) is 77.9 cm³/mol. The molecule has 2 aromatic carbocycles. The second kappa shape index (κ2) is 5.77. The smallest absolute Gasteiger partial charge is 0.255 e. The summed E-state index contributed by atoms with van der Waals surface area (Å²) >= 11 is 0. The van der Waals surface area contributed by atoms with Crippen molar-refractivity contribution in [3.8, 4) is 5.69 Å². The third kappa shape index (κ3) is 2.71. The molecule has 3 aromatic rings. The number of nitrogens with one attached hydrogen (secondary N) is 1. The number of para-hydroxylation sites is 1. The number of aromatic nitrogens is 2. The van der Waals surface area contributed by atoms with Crippen molar-refractivity contribution in [3.05, 3.63) is 78.1 Å². The maximum Gasteiger partial charge on any atom is 0.255 e. The lowest BCUT2D eigenvalue weighted by atomic mass is 10.2. The minimum atomic E-state index is -0.818. The molecule has 0 aliphatic carbocycles. The van der Waals surface area contributed by atoms with Crippen molar-refractivity contribution in [2.45, 2.75) is 0 Å². The summed E-state index contributed by atoms with van der Waals surface area (Å²) in [6.45, 7) is 0. The molecule has 3 rings (SSSR count). The molecule has 110 valence electrons. The van der Waals surface area contributed by atoms with Gasteiger partial charge in [0.25, 0.3) is 5.91 Å². The van der Waals surface area contributed by atoms with E-state index in [0.717, 1.165) is 17.8 Å². The van der Waals surface area contributed by atoms with E-state index in [1.165, 1.54) is 6.07 Å². The Morgan fingerprint density at radius 1 is 1.00 bits per heavy atom. The Morgan fingerprint density at radius 3 is 2.27 bits per heavy atom. The molecule has 1 heterocycles. The number of amides is 1. The molecule has 0 radical (unpaired) electrons. The zero-order valence-corrected chi connectivity index (χ0v) is 11.3. The molecular weight excluding hydrogens is 288 g/mol.